The second-order valence-electron chi connectivity index (χ2n) is 5.36. The third-order valence-electron chi connectivity index (χ3n) is 3.51. The molecule has 0 radical (unpaired) electrons. The van der Waals surface area contributed by atoms with Gasteiger partial charge < -0.3 is 9.73 Å². The van der Waals surface area contributed by atoms with Gasteiger partial charge in [0.2, 0.25) is 0 Å². The Morgan fingerprint density at radius 2 is 2.04 bits per heavy atom. The summed E-state index contributed by atoms with van der Waals surface area (Å²) < 4.78 is 7.09. The highest BCUT2D eigenvalue weighted by atomic mass is 32.1. The summed E-state index contributed by atoms with van der Waals surface area (Å²) in [5.41, 5.74) is 3.13. The van der Waals surface area contributed by atoms with Crippen molar-refractivity contribution >= 4 is 27.2 Å². The van der Waals surface area contributed by atoms with Crippen LogP contribution in [0, 0.1) is 6.92 Å². The van der Waals surface area contributed by atoms with E-state index in [0.29, 0.717) is 6.54 Å². The summed E-state index contributed by atoms with van der Waals surface area (Å²) in [6.45, 7) is 2.65. The Bertz CT molecular complexity index is 924. The average molecular weight is 321 g/mol. The number of aryl methyl sites for hydroxylation is 1. The van der Waals surface area contributed by atoms with Crippen LogP contribution in [0.5, 0.6) is 0 Å². The largest absolute Gasteiger partial charge is 0.457 e. The van der Waals surface area contributed by atoms with Crippen LogP contribution in [0.1, 0.15) is 11.3 Å². The van der Waals surface area contributed by atoms with Crippen molar-refractivity contribution in [3.8, 4) is 10.8 Å². The number of benzene rings is 1. The molecule has 23 heavy (non-hydrogen) atoms. The standard InChI is InChI=1S/C18H15N3OS/c1-12-8-13(10-19-9-12)20-11-14-6-7-16(22-14)18-21-15-4-2-3-5-17(15)23-18/h2-10,20H,11H2,1H3. The molecule has 1 N–H and O–H groups in total. The smallest absolute Gasteiger partial charge is 0.163 e. The molecule has 114 valence electrons. The van der Waals surface area contributed by atoms with Crippen molar-refractivity contribution in [1.29, 1.82) is 0 Å². The first kappa shape index (κ1) is 14.0. The van der Waals surface area contributed by atoms with Gasteiger partial charge in [-0.05, 0) is 42.8 Å². The highest BCUT2D eigenvalue weighted by Crippen LogP contribution is 2.31. The predicted molar refractivity (Wildman–Crippen MR) is 93.6 cm³/mol. The second-order valence-corrected chi connectivity index (χ2v) is 6.39. The van der Waals surface area contributed by atoms with E-state index in [1.165, 1.54) is 4.70 Å². The van der Waals surface area contributed by atoms with E-state index < -0.39 is 0 Å². The Hall–Kier alpha value is -2.66. The maximum absolute atomic E-state index is 5.92. The number of fused-ring (bicyclic) bond motifs is 1. The highest BCUT2D eigenvalue weighted by Gasteiger charge is 2.10. The van der Waals surface area contributed by atoms with Gasteiger partial charge in [0.1, 0.15) is 5.76 Å². The van der Waals surface area contributed by atoms with Crippen molar-refractivity contribution in [3.05, 3.63) is 66.2 Å². The summed E-state index contributed by atoms with van der Waals surface area (Å²) in [6.07, 6.45) is 3.65. The van der Waals surface area contributed by atoms with Gasteiger partial charge in [0.15, 0.2) is 10.8 Å². The molecule has 1 aromatic carbocycles. The van der Waals surface area contributed by atoms with Crippen LogP contribution in [0.2, 0.25) is 0 Å². The number of hydrogen-bond acceptors (Lipinski definition) is 5. The SMILES string of the molecule is Cc1cncc(NCc2ccc(-c3nc4ccccc4s3)o2)c1. The number of furan rings is 1. The third kappa shape index (κ3) is 2.96. The molecule has 0 amide bonds. The van der Waals surface area contributed by atoms with Gasteiger partial charge in [-0.2, -0.15) is 0 Å². The van der Waals surface area contributed by atoms with Crippen LogP contribution in [0.15, 0.2) is 59.3 Å². The Morgan fingerprint density at radius 1 is 1.13 bits per heavy atom. The molecule has 0 spiro atoms. The Morgan fingerprint density at radius 3 is 2.91 bits per heavy atom. The molecule has 0 bridgehead atoms. The van der Waals surface area contributed by atoms with E-state index in [1.54, 1.807) is 11.3 Å². The lowest BCUT2D eigenvalue weighted by Crippen LogP contribution is -1.98. The van der Waals surface area contributed by atoms with Crippen molar-refractivity contribution in [3.63, 3.8) is 0 Å². The van der Waals surface area contributed by atoms with Crippen molar-refractivity contribution in [2.45, 2.75) is 13.5 Å². The molecule has 0 atom stereocenters. The lowest BCUT2D eigenvalue weighted by molar-refractivity contribution is 0.531. The molecule has 5 heteroatoms. The number of thiazole rings is 1. The van der Waals surface area contributed by atoms with E-state index >= 15 is 0 Å². The van der Waals surface area contributed by atoms with E-state index in [-0.39, 0.29) is 0 Å². The molecule has 4 rings (SSSR count). The lowest BCUT2D eigenvalue weighted by atomic mass is 10.3. The van der Waals surface area contributed by atoms with Crippen LogP contribution in [0.25, 0.3) is 21.0 Å². The molecule has 0 aliphatic rings. The number of hydrogen-bond donors (Lipinski definition) is 1. The minimum Gasteiger partial charge on any atom is -0.457 e. The van der Waals surface area contributed by atoms with Crippen LogP contribution in [0.3, 0.4) is 0 Å². The predicted octanol–water partition coefficient (Wildman–Crippen LogP) is 4.87. The fourth-order valence-electron chi connectivity index (χ4n) is 2.41. The van der Waals surface area contributed by atoms with E-state index in [1.807, 2.05) is 49.6 Å². The molecule has 0 fully saturated rings. The van der Waals surface area contributed by atoms with Crippen molar-refractivity contribution in [2.24, 2.45) is 0 Å². The summed E-state index contributed by atoms with van der Waals surface area (Å²) in [5, 5.41) is 4.23. The number of rotatable bonds is 4. The van der Waals surface area contributed by atoms with E-state index in [0.717, 1.165) is 33.3 Å². The fraction of sp³-hybridized carbons (Fsp3) is 0.111. The van der Waals surface area contributed by atoms with E-state index in [2.05, 4.69) is 27.4 Å². The Kier molecular flexibility index (Phi) is 3.55. The molecule has 3 heterocycles. The fourth-order valence-corrected chi connectivity index (χ4v) is 3.33. The molecule has 0 aliphatic carbocycles. The first-order chi connectivity index (χ1) is 11.3. The quantitative estimate of drug-likeness (QED) is 0.582. The number of para-hydroxylation sites is 1. The van der Waals surface area contributed by atoms with E-state index in [9.17, 15) is 0 Å². The molecular formula is C18H15N3OS. The molecule has 4 aromatic rings. The van der Waals surface area contributed by atoms with Gasteiger partial charge in [0.05, 0.1) is 22.4 Å². The van der Waals surface area contributed by atoms with Crippen molar-refractivity contribution < 1.29 is 4.42 Å². The molecule has 4 nitrogen and oxygen atoms in total. The zero-order chi connectivity index (χ0) is 15.6. The second kappa shape index (κ2) is 5.85. The molecule has 0 aliphatic heterocycles. The summed E-state index contributed by atoms with van der Waals surface area (Å²) >= 11 is 1.64. The first-order valence-electron chi connectivity index (χ1n) is 7.38. The van der Waals surface area contributed by atoms with Crippen molar-refractivity contribution in [2.75, 3.05) is 5.32 Å². The molecule has 0 unspecified atom stereocenters. The molecular weight excluding hydrogens is 306 g/mol. The van der Waals surface area contributed by atoms with E-state index in [4.69, 9.17) is 4.42 Å². The third-order valence-corrected chi connectivity index (χ3v) is 4.56. The maximum Gasteiger partial charge on any atom is 0.163 e. The average Bonchev–Trinajstić information content (AvgIpc) is 3.19. The van der Waals surface area contributed by atoms with Gasteiger partial charge >= 0.3 is 0 Å². The van der Waals surface area contributed by atoms with Gasteiger partial charge in [-0.15, -0.1) is 11.3 Å². The molecule has 0 saturated carbocycles. The minimum atomic E-state index is 0.621. The summed E-state index contributed by atoms with van der Waals surface area (Å²) in [4.78, 5) is 8.79. The zero-order valence-corrected chi connectivity index (χ0v) is 13.4. The topological polar surface area (TPSA) is 51.0 Å². The monoisotopic (exact) mass is 321 g/mol. The normalized spacial score (nSPS) is 11.0. The number of anilines is 1. The summed E-state index contributed by atoms with van der Waals surface area (Å²) in [5.74, 6) is 1.69. The van der Waals surface area contributed by atoms with Crippen LogP contribution < -0.4 is 5.32 Å². The lowest BCUT2D eigenvalue weighted by Gasteiger charge is -2.04. The number of aromatic nitrogens is 2. The molecule has 3 aromatic heterocycles. The van der Waals surface area contributed by atoms with Gasteiger partial charge in [0.25, 0.3) is 0 Å². The van der Waals surface area contributed by atoms with Gasteiger partial charge in [-0.1, -0.05) is 12.1 Å². The van der Waals surface area contributed by atoms with Gasteiger partial charge in [0, 0.05) is 12.4 Å². The number of pyridine rings is 1. The Balaban J connectivity index is 1.52. The van der Waals surface area contributed by atoms with Crippen LogP contribution in [-0.4, -0.2) is 9.97 Å². The van der Waals surface area contributed by atoms with Crippen LogP contribution in [-0.2, 0) is 6.54 Å². The summed E-state index contributed by atoms with van der Waals surface area (Å²) in [7, 11) is 0. The maximum atomic E-state index is 5.92. The van der Waals surface area contributed by atoms with Crippen LogP contribution in [0.4, 0.5) is 5.69 Å². The van der Waals surface area contributed by atoms with Gasteiger partial charge in [-0.25, -0.2) is 4.98 Å². The van der Waals surface area contributed by atoms with Crippen LogP contribution >= 0.6 is 11.3 Å². The van der Waals surface area contributed by atoms with Crippen molar-refractivity contribution in [1.82, 2.24) is 9.97 Å². The summed E-state index contributed by atoms with van der Waals surface area (Å²) in [6, 6.07) is 14.1. The number of nitrogens with one attached hydrogen (secondary N) is 1. The Labute approximate surface area is 137 Å². The highest BCUT2D eigenvalue weighted by molar-refractivity contribution is 7.21. The molecule has 0 saturated heterocycles. The van der Waals surface area contributed by atoms with Gasteiger partial charge in [-0.3, -0.25) is 4.98 Å². The minimum absolute atomic E-state index is 0.621. The first-order valence-corrected chi connectivity index (χ1v) is 8.20. The zero-order valence-electron chi connectivity index (χ0n) is 12.6. The number of nitrogens with zero attached hydrogens (tertiary/aromatic N) is 2.